The highest BCUT2D eigenvalue weighted by Crippen LogP contribution is 2.24. The van der Waals surface area contributed by atoms with Gasteiger partial charge in [0.1, 0.15) is 5.01 Å². The van der Waals surface area contributed by atoms with Crippen molar-refractivity contribution in [3.63, 3.8) is 0 Å². The number of aromatic carboxylic acids is 1. The molecule has 0 atom stereocenters. The predicted molar refractivity (Wildman–Crippen MR) is 79.0 cm³/mol. The molecule has 0 amide bonds. The fourth-order valence-corrected chi connectivity index (χ4v) is 2.76. The monoisotopic (exact) mass is 321 g/mol. The molecule has 2 aromatic heterocycles. The minimum atomic E-state index is -2.67. The topological polar surface area (TPSA) is 68.0 Å². The maximum atomic E-state index is 12.4. The molecule has 3 rings (SSSR count). The van der Waals surface area contributed by atoms with Gasteiger partial charge in [0.05, 0.1) is 21.5 Å². The zero-order valence-corrected chi connectivity index (χ0v) is 11.8. The Morgan fingerprint density at radius 1 is 1.32 bits per heavy atom. The molecular weight excluding hydrogens is 312 g/mol. The molecule has 0 fully saturated rings. The van der Waals surface area contributed by atoms with Crippen LogP contribution in [0.4, 0.5) is 8.78 Å². The third-order valence-corrected chi connectivity index (χ3v) is 3.86. The number of halogens is 2. The molecule has 112 valence electrons. The van der Waals surface area contributed by atoms with Crippen molar-refractivity contribution in [1.82, 2.24) is 14.8 Å². The molecular formula is C14H9F2N3O2S. The summed E-state index contributed by atoms with van der Waals surface area (Å²) >= 11 is 1.32. The van der Waals surface area contributed by atoms with Crippen LogP contribution >= 0.6 is 11.3 Å². The highest BCUT2D eigenvalue weighted by molar-refractivity contribution is 7.19. The highest BCUT2D eigenvalue weighted by Gasteiger charge is 2.08. The van der Waals surface area contributed by atoms with Crippen LogP contribution in [0.25, 0.3) is 22.4 Å². The summed E-state index contributed by atoms with van der Waals surface area (Å²) in [5.41, 5.74) is 1.28. The molecule has 1 aromatic carbocycles. The van der Waals surface area contributed by atoms with E-state index in [-0.39, 0.29) is 5.56 Å². The summed E-state index contributed by atoms with van der Waals surface area (Å²) in [6.45, 7) is -2.67. The van der Waals surface area contributed by atoms with Gasteiger partial charge in [-0.2, -0.15) is 13.9 Å². The zero-order chi connectivity index (χ0) is 15.7. The lowest BCUT2D eigenvalue weighted by Crippen LogP contribution is -1.97. The molecule has 0 unspecified atom stereocenters. The van der Waals surface area contributed by atoms with Crippen LogP contribution in [0.15, 0.2) is 30.5 Å². The Balaban J connectivity index is 1.86. The Morgan fingerprint density at radius 2 is 2.14 bits per heavy atom. The lowest BCUT2D eigenvalue weighted by atomic mass is 10.2. The van der Waals surface area contributed by atoms with Gasteiger partial charge in [-0.25, -0.2) is 14.5 Å². The van der Waals surface area contributed by atoms with E-state index in [1.165, 1.54) is 29.7 Å². The number of hydrogen-bond acceptors (Lipinski definition) is 4. The van der Waals surface area contributed by atoms with E-state index in [9.17, 15) is 13.6 Å². The van der Waals surface area contributed by atoms with E-state index in [4.69, 9.17) is 5.11 Å². The third-order valence-electron chi connectivity index (χ3n) is 2.88. The van der Waals surface area contributed by atoms with Crippen LogP contribution in [-0.4, -0.2) is 25.8 Å². The number of carboxylic acids is 1. The quantitative estimate of drug-likeness (QED) is 0.794. The lowest BCUT2D eigenvalue weighted by molar-refractivity contribution is 0.0565. The number of nitrogens with zero attached hydrogens (tertiary/aromatic N) is 3. The van der Waals surface area contributed by atoms with E-state index >= 15 is 0 Å². The fraction of sp³-hybridized carbons (Fsp3) is 0.0714. The van der Waals surface area contributed by atoms with Crippen LogP contribution in [0.5, 0.6) is 0 Å². The number of benzene rings is 1. The Hall–Kier alpha value is -2.61. The molecule has 0 spiro atoms. The van der Waals surface area contributed by atoms with E-state index in [0.29, 0.717) is 20.9 Å². The van der Waals surface area contributed by atoms with Crippen LogP contribution in [0.3, 0.4) is 0 Å². The fourth-order valence-electron chi connectivity index (χ4n) is 1.85. The first-order chi connectivity index (χ1) is 10.5. The van der Waals surface area contributed by atoms with Gasteiger partial charge in [-0.15, -0.1) is 11.3 Å². The van der Waals surface area contributed by atoms with Crippen molar-refractivity contribution in [2.24, 2.45) is 0 Å². The second kappa shape index (κ2) is 5.64. The van der Waals surface area contributed by atoms with Crippen molar-refractivity contribution in [1.29, 1.82) is 0 Å². The molecule has 0 aliphatic rings. The first-order valence-electron chi connectivity index (χ1n) is 6.18. The molecule has 0 bridgehead atoms. The first kappa shape index (κ1) is 14.3. The summed E-state index contributed by atoms with van der Waals surface area (Å²) in [4.78, 5) is 15.2. The average Bonchev–Trinajstić information content (AvgIpc) is 3.10. The Bertz CT molecular complexity index is 870. The molecule has 22 heavy (non-hydrogen) atoms. The van der Waals surface area contributed by atoms with Gasteiger partial charge < -0.3 is 5.11 Å². The van der Waals surface area contributed by atoms with Crippen molar-refractivity contribution in [3.05, 3.63) is 46.7 Å². The van der Waals surface area contributed by atoms with Crippen molar-refractivity contribution in [2.45, 2.75) is 6.55 Å². The van der Waals surface area contributed by atoms with Crippen molar-refractivity contribution < 1.29 is 18.7 Å². The SMILES string of the molecule is O=C(O)c1ccc2nc(/C=C/c3ccn(C(F)F)n3)sc2c1. The number of carbonyl (C=O) groups is 1. The molecule has 5 nitrogen and oxygen atoms in total. The number of thiazole rings is 1. The Morgan fingerprint density at radius 3 is 2.82 bits per heavy atom. The van der Waals surface area contributed by atoms with Crippen LogP contribution in [0, 0.1) is 0 Å². The van der Waals surface area contributed by atoms with Crippen molar-refractivity contribution in [2.75, 3.05) is 0 Å². The molecule has 0 saturated carbocycles. The van der Waals surface area contributed by atoms with Gasteiger partial charge in [0.15, 0.2) is 0 Å². The summed E-state index contributed by atoms with van der Waals surface area (Å²) < 4.78 is 26.1. The van der Waals surface area contributed by atoms with Gasteiger partial charge in [-0.05, 0) is 36.4 Å². The van der Waals surface area contributed by atoms with E-state index in [2.05, 4.69) is 10.1 Å². The zero-order valence-electron chi connectivity index (χ0n) is 11.0. The summed E-state index contributed by atoms with van der Waals surface area (Å²) in [5, 5.41) is 13.3. The first-order valence-corrected chi connectivity index (χ1v) is 7.00. The standard InChI is InChI=1S/C14H9F2N3O2S/c15-14(16)19-6-5-9(18-19)2-4-12-17-10-3-1-8(13(20)21)7-11(10)22-12/h1-7,14H,(H,20,21)/b4-2+. The molecule has 1 N–H and O–H groups in total. The molecule has 0 aliphatic heterocycles. The maximum Gasteiger partial charge on any atom is 0.335 e. The minimum Gasteiger partial charge on any atom is -0.478 e. The van der Waals surface area contributed by atoms with Gasteiger partial charge >= 0.3 is 12.5 Å². The molecule has 0 saturated heterocycles. The van der Waals surface area contributed by atoms with E-state index in [0.717, 1.165) is 4.70 Å². The van der Waals surface area contributed by atoms with E-state index in [1.54, 1.807) is 24.3 Å². The number of hydrogen-bond donors (Lipinski definition) is 1. The summed E-state index contributed by atoms with van der Waals surface area (Å²) in [7, 11) is 0. The summed E-state index contributed by atoms with van der Waals surface area (Å²) in [6, 6.07) is 6.15. The van der Waals surface area contributed by atoms with Crippen LogP contribution in [-0.2, 0) is 0 Å². The highest BCUT2D eigenvalue weighted by atomic mass is 32.1. The van der Waals surface area contributed by atoms with Gasteiger partial charge in [-0.3, -0.25) is 0 Å². The normalized spacial score (nSPS) is 11.8. The third kappa shape index (κ3) is 2.86. The number of fused-ring (bicyclic) bond motifs is 1. The second-order valence-electron chi connectivity index (χ2n) is 4.37. The number of alkyl halides is 2. The number of carboxylic acid groups (broad SMARTS) is 1. The second-order valence-corrected chi connectivity index (χ2v) is 5.43. The van der Waals surface area contributed by atoms with Crippen molar-refractivity contribution >= 4 is 39.7 Å². The predicted octanol–water partition coefficient (Wildman–Crippen LogP) is 3.76. The largest absolute Gasteiger partial charge is 0.478 e. The number of aromatic nitrogens is 3. The van der Waals surface area contributed by atoms with Crippen molar-refractivity contribution in [3.8, 4) is 0 Å². The van der Waals surface area contributed by atoms with Crippen LogP contribution < -0.4 is 0 Å². The smallest absolute Gasteiger partial charge is 0.335 e. The van der Waals surface area contributed by atoms with E-state index < -0.39 is 12.5 Å². The van der Waals surface area contributed by atoms with Gasteiger partial charge in [0, 0.05) is 6.20 Å². The van der Waals surface area contributed by atoms with Gasteiger partial charge in [0.2, 0.25) is 0 Å². The molecule has 0 radical (unpaired) electrons. The average molecular weight is 321 g/mol. The Labute approximate surface area is 127 Å². The van der Waals surface area contributed by atoms with E-state index in [1.807, 2.05) is 0 Å². The van der Waals surface area contributed by atoms with Crippen LogP contribution in [0.2, 0.25) is 0 Å². The molecule has 8 heteroatoms. The number of rotatable bonds is 4. The molecule has 3 aromatic rings. The van der Waals surface area contributed by atoms with Crippen LogP contribution in [0.1, 0.15) is 27.6 Å². The minimum absolute atomic E-state index is 0.197. The molecule has 0 aliphatic carbocycles. The maximum absolute atomic E-state index is 12.4. The Kier molecular flexibility index (Phi) is 3.68. The van der Waals surface area contributed by atoms with Gasteiger partial charge in [0.25, 0.3) is 0 Å². The summed E-state index contributed by atoms with van der Waals surface area (Å²) in [6.07, 6.45) is 4.43. The molecule has 2 heterocycles. The lowest BCUT2D eigenvalue weighted by Gasteiger charge is -1.94. The summed E-state index contributed by atoms with van der Waals surface area (Å²) in [5.74, 6) is -0.995. The van der Waals surface area contributed by atoms with Gasteiger partial charge in [-0.1, -0.05) is 0 Å².